The molecule has 0 heterocycles. The first-order chi connectivity index (χ1) is 8.24. The summed E-state index contributed by atoms with van der Waals surface area (Å²) in [6.07, 6.45) is 1.07. The molecule has 0 fully saturated rings. The molecule has 0 amide bonds. The summed E-state index contributed by atoms with van der Waals surface area (Å²) in [5.41, 5.74) is -0.363. The first-order valence-corrected chi connectivity index (χ1v) is 6.46. The summed E-state index contributed by atoms with van der Waals surface area (Å²) in [6, 6.07) is 3.15. The summed E-state index contributed by atoms with van der Waals surface area (Å²) in [4.78, 5) is 10.9. The van der Waals surface area contributed by atoms with Crippen molar-refractivity contribution in [2.75, 3.05) is 14.1 Å². The Balaban J connectivity index is 3.32. The first kappa shape index (κ1) is 14.4. The molecule has 98 valence electrons. The Morgan fingerprint density at radius 1 is 1.44 bits per heavy atom. The SMILES string of the molecule is CN(C)/C=N/S(=O)(=O)c1cc([N+](=O)[O-])ccc1Cl. The van der Waals surface area contributed by atoms with E-state index in [9.17, 15) is 18.5 Å². The van der Waals surface area contributed by atoms with Gasteiger partial charge in [-0.25, -0.2) is 0 Å². The van der Waals surface area contributed by atoms with E-state index in [2.05, 4.69) is 4.40 Å². The van der Waals surface area contributed by atoms with Crippen molar-refractivity contribution in [1.29, 1.82) is 0 Å². The van der Waals surface area contributed by atoms with Gasteiger partial charge in [-0.05, 0) is 6.07 Å². The van der Waals surface area contributed by atoms with Crippen LogP contribution < -0.4 is 0 Å². The lowest BCUT2D eigenvalue weighted by atomic mass is 10.3. The molecule has 0 N–H and O–H groups in total. The second-order valence-corrected chi connectivity index (χ2v) is 5.54. The zero-order valence-electron chi connectivity index (χ0n) is 9.57. The van der Waals surface area contributed by atoms with Crippen LogP contribution in [0.15, 0.2) is 27.5 Å². The van der Waals surface area contributed by atoms with Crippen molar-refractivity contribution in [1.82, 2.24) is 4.90 Å². The number of benzene rings is 1. The maximum atomic E-state index is 11.8. The number of hydrogen-bond donors (Lipinski definition) is 0. The van der Waals surface area contributed by atoms with Gasteiger partial charge in [0.1, 0.15) is 11.2 Å². The van der Waals surface area contributed by atoms with Crippen molar-refractivity contribution < 1.29 is 13.3 Å². The Morgan fingerprint density at radius 2 is 2.06 bits per heavy atom. The number of hydrogen-bond acceptors (Lipinski definition) is 4. The number of sulfonamides is 1. The summed E-state index contributed by atoms with van der Waals surface area (Å²) >= 11 is 5.71. The summed E-state index contributed by atoms with van der Waals surface area (Å²) in [5.74, 6) is 0. The molecule has 18 heavy (non-hydrogen) atoms. The largest absolute Gasteiger partial charge is 0.368 e. The molecule has 0 unspecified atom stereocenters. The number of non-ortho nitro benzene ring substituents is 1. The van der Waals surface area contributed by atoms with Gasteiger partial charge in [0.2, 0.25) is 0 Å². The predicted molar refractivity (Wildman–Crippen MR) is 67.5 cm³/mol. The minimum atomic E-state index is -4.05. The molecule has 0 atom stereocenters. The molecule has 0 radical (unpaired) electrons. The van der Waals surface area contributed by atoms with E-state index in [4.69, 9.17) is 11.6 Å². The maximum Gasteiger partial charge on any atom is 0.285 e. The van der Waals surface area contributed by atoms with E-state index < -0.39 is 19.8 Å². The lowest BCUT2D eigenvalue weighted by Gasteiger charge is -2.04. The molecule has 0 saturated carbocycles. The number of nitro benzene ring substituents is 1. The summed E-state index contributed by atoms with van der Waals surface area (Å²) in [6.45, 7) is 0. The molecule has 0 aliphatic heterocycles. The van der Waals surface area contributed by atoms with Crippen molar-refractivity contribution >= 4 is 33.7 Å². The van der Waals surface area contributed by atoms with Crippen LogP contribution in [-0.2, 0) is 10.0 Å². The van der Waals surface area contributed by atoms with Gasteiger partial charge in [0.25, 0.3) is 15.7 Å². The van der Waals surface area contributed by atoms with Crippen LogP contribution in [0.1, 0.15) is 0 Å². The molecule has 0 bridgehead atoms. The van der Waals surface area contributed by atoms with Crippen molar-refractivity contribution in [2.45, 2.75) is 4.90 Å². The van der Waals surface area contributed by atoms with Gasteiger partial charge in [-0.2, -0.15) is 8.42 Å². The molecular formula is C9H10ClN3O4S. The predicted octanol–water partition coefficient (Wildman–Crippen LogP) is 1.53. The van der Waals surface area contributed by atoms with Crippen molar-refractivity contribution in [3.8, 4) is 0 Å². The van der Waals surface area contributed by atoms with Gasteiger partial charge >= 0.3 is 0 Å². The van der Waals surface area contributed by atoms with Crippen molar-refractivity contribution in [2.24, 2.45) is 4.40 Å². The lowest BCUT2D eigenvalue weighted by Crippen LogP contribution is -2.10. The zero-order valence-corrected chi connectivity index (χ0v) is 11.1. The molecule has 7 nitrogen and oxygen atoms in total. The monoisotopic (exact) mass is 291 g/mol. The molecule has 1 aromatic rings. The first-order valence-electron chi connectivity index (χ1n) is 4.65. The van der Waals surface area contributed by atoms with E-state index in [1.54, 1.807) is 14.1 Å². The number of nitro groups is 1. The van der Waals surface area contributed by atoms with Gasteiger partial charge in [0, 0.05) is 26.2 Å². The summed E-state index contributed by atoms with van der Waals surface area (Å²) < 4.78 is 27.0. The molecule has 0 aliphatic rings. The van der Waals surface area contributed by atoms with Crippen LogP contribution in [-0.4, -0.2) is 38.7 Å². The highest BCUT2D eigenvalue weighted by molar-refractivity contribution is 7.90. The van der Waals surface area contributed by atoms with E-state index in [0.717, 1.165) is 24.5 Å². The molecule has 0 spiro atoms. The molecule has 0 aromatic heterocycles. The van der Waals surface area contributed by atoms with Gasteiger partial charge < -0.3 is 4.90 Å². The number of halogens is 1. The van der Waals surface area contributed by atoms with E-state index in [-0.39, 0.29) is 10.7 Å². The zero-order chi connectivity index (χ0) is 13.9. The maximum absolute atomic E-state index is 11.8. The van der Waals surface area contributed by atoms with E-state index in [1.807, 2.05) is 0 Å². The Labute approximate surface area is 109 Å². The van der Waals surface area contributed by atoms with Crippen LogP contribution >= 0.6 is 11.6 Å². The molecular weight excluding hydrogens is 282 g/mol. The third-order valence-corrected chi connectivity index (χ3v) is 3.53. The fourth-order valence-electron chi connectivity index (χ4n) is 1.02. The lowest BCUT2D eigenvalue weighted by molar-refractivity contribution is -0.385. The van der Waals surface area contributed by atoms with Gasteiger partial charge in [-0.1, -0.05) is 11.6 Å². The molecule has 1 rings (SSSR count). The fourth-order valence-corrected chi connectivity index (χ4v) is 2.44. The molecule has 9 heteroatoms. The minimum Gasteiger partial charge on any atom is -0.368 e. The van der Waals surface area contributed by atoms with Crippen LogP contribution in [0, 0.1) is 10.1 Å². The normalized spacial score (nSPS) is 11.7. The van der Waals surface area contributed by atoms with Gasteiger partial charge in [0.15, 0.2) is 0 Å². The smallest absolute Gasteiger partial charge is 0.285 e. The van der Waals surface area contributed by atoms with Crippen LogP contribution in [0.4, 0.5) is 5.69 Å². The van der Waals surface area contributed by atoms with Crippen LogP contribution in [0.5, 0.6) is 0 Å². The van der Waals surface area contributed by atoms with Crippen LogP contribution in [0.25, 0.3) is 0 Å². The fraction of sp³-hybridized carbons (Fsp3) is 0.222. The molecule has 1 aromatic carbocycles. The van der Waals surface area contributed by atoms with E-state index in [1.165, 1.54) is 4.90 Å². The third-order valence-electron chi connectivity index (χ3n) is 1.82. The van der Waals surface area contributed by atoms with Gasteiger partial charge in [-0.15, -0.1) is 4.40 Å². The third kappa shape index (κ3) is 3.41. The number of nitrogens with zero attached hydrogens (tertiary/aromatic N) is 3. The Hall–Kier alpha value is -1.67. The van der Waals surface area contributed by atoms with Crippen LogP contribution in [0.2, 0.25) is 5.02 Å². The summed E-state index contributed by atoms with van der Waals surface area (Å²) in [5, 5.41) is 10.5. The second-order valence-electron chi connectivity index (χ2n) is 3.53. The van der Waals surface area contributed by atoms with E-state index in [0.29, 0.717) is 0 Å². The molecule has 0 aliphatic carbocycles. The Morgan fingerprint density at radius 3 is 2.56 bits per heavy atom. The standard InChI is InChI=1S/C9H10ClN3O4S/c1-12(2)6-11-18(16,17)9-5-7(13(14)15)3-4-8(9)10/h3-6H,1-2H3/b11-6+. The van der Waals surface area contributed by atoms with E-state index >= 15 is 0 Å². The Kier molecular flexibility index (Phi) is 4.25. The van der Waals surface area contributed by atoms with Gasteiger partial charge in [0.05, 0.1) is 9.95 Å². The highest BCUT2D eigenvalue weighted by Gasteiger charge is 2.20. The average Bonchev–Trinajstić information content (AvgIpc) is 2.26. The highest BCUT2D eigenvalue weighted by Crippen LogP contribution is 2.27. The topological polar surface area (TPSA) is 92.9 Å². The van der Waals surface area contributed by atoms with Crippen LogP contribution in [0.3, 0.4) is 0 Å². The second kappa shape index (κ2) is 5.32. The number of rotatable bonds is 4. The van der Waals surface area contributed by atoms with Crippen molar-refractivity contribution in [3.05, 3.63) is 33.3 Å². The minimum absolute atomic E-state index is 0.114. The van der Waals surface area contributed by atoms with Gasteiger partial charge in [-0.3, -0.25) is 10.1 Å². The quantitative estimate of drug-likeness (QED) is 0.363. The average molecular weight is 292 g/mol. The molecule has 0 saturated heterocycles. The highest BCUT2D eigenvalue weighted by atomic mass is 35.5. The Bertz CT molecular complexity index is 598. The summed E-state index contributed by atoms with van der Waals surface area (Å²) in [7, 11) is -0.868. The van der Waals surface area contributed by atoms with Crippen molar-refractivity contribution in [3.63, 3.8) is 0 Å².